The molecule has 0 saturated heterocycles. The van der Waals surface area contributed by atoms with E-state index >= 15 is 0 Å². The molecule has 0 fully saturated rings. The third kappa shape index (κ3) is 3.41. The summed E-state index contributed by atoms with van der Waals surface area (Å²) < 4.78 is 1.74. The molecule has 0 radical (unpaired) electrons. The standard InChI is InChI=1S/C11H15N3O2/c1-4-5-14(8-11(15)16)7-10-6-9(2)12-13(10)3/h1,6H,5,7-8H2,2-3H3,(H,15,16). The molecule has 1 N–H and O–H groups in total. The molecule has 0 atom stereocenters. The van der Waals surface area contributed by atoms with Gasteiger partial charge in [-0.25, -0.2) is 0 Å². The number of aromatic nitrogens is 2. The van der Waals surface area contributed by atoms with E-state index in [0.29, 0.717) is 13.1 Å². The van der Waals surface area contributed by atoms with Crippen molar-refractivity contribution in [2.45, 2.75) is 13.5 Å². The van der Waals surface area contributed by atoms with Gasteiger partial charge in [0.05, 0.1) is 24.5 Å². The van der Waals surface area contributed by atoms with Gasteiger partial charge in [-0.1, -0.05) is 5.92 Å². The molecule has 0 saturated carbocycles. The first-order valence-electron chi connectivity index (χ1n) is 4.90. The Morgan fingerprint density at radius 2 is 2.44 bits per heavy atom. The van der Waals surface area contributed by atoms with Crippen LogP contribution in [0.2, 0.25) is 0 Å². The van der Waals surface area contributed by atoms with Gasteiger partial charge in [-0.3, -0.25) is 14.4 Å². The van der Waals surface area contributed by atoms with Gasteiger partial charge in [-0.05, 0) is 13.0 Å². The van der Waals surface area contributed by atoms with E-state index in [0.717, 1.165) is 11.4 Å². The average Bonchev–Trinajstić information content (AvgIpc) is 2.44. The van der Waals surface area contributed by atoms with Crippen LogP contribution in [0.4, 0.5) is 0 Å². The Kier molecular flexibility index (Phi) is 4.09. The monoisotopic (exact) mass is 221 g/mol. The third-order valence-electron chi connectivity index (χ3n) is 2.16. The van der Waals surface area contributed by atoms with Crippen molar-refractivity contribution in [3.05, 3.63) is 17.5 Å². The topological polar surface area (TPSA) is 58.4 Å². The molecule has 0 aliphatic rings. The summed E-state index contributed by atoms with van der Waals surface area (Å²) in [6, 6.07) is 1.92. The number of aryl methyl sites for hydroxylation is 2. The number of carbonyl (C=O) groups is 1. The molecule has 0 bridgehead atoms. The second kappa shape index (κ2) is 5.33. The Labute approximate surface area is 94.7 Å². The van der Waals surface area contributed by atoms with Crippen LogP contribution in [-0.4, -0.2) is 38.8 Å². The van der Waals surface area contributed by atoms with Gasteiger partial charge in [-0.15, -0.1) is 6.42 Å². The SMILES string of the molecule is C#CCN(CC(=O)O)Cc1cc(C)nn1C. The minimum absolute atomic E-state index is 0.0611. The Hall–Kier alpha value is -1.80. The second-order valence-electron chi connectivity index (χ2n) is 3.64. The summed E-state index contributed by atoms with van der Waals surface area (Å²) in [5.41, 5.74) is 1.86. The van der Waals surface area contributed by atoms with Crippen LogP contribution in [0, 0.1) is 19.3 Å². The Bertz CT molecular complexity index is 417. The molecule has 5 heteroatoms. The molecule has 0 aliphatic carbocycles. The fraction of sp³-hybridized carbons (Fsp3) is 0.455. The third-order valence-corrected chi connectivity index (χ3v) is 2.16. The molecule has 1 rings (SSSR count). The molecule has 0 aromatic carbocycles. The molecule has 1 aromatic heterocycles. The van der Waals surface area contributed by atoms with Crippen LogP contribution in [-0.2, 0) is 18.4 Å². The van der Waals surface area contributed by atoms with Crippen molar-refractivity contribution in [2.75, 3.05) is 13.1 Å². The summed E-state index contributed by atoms with van der Waals surface area (Å²) in [7, 11) is 1.83. The predicted molar refractivity (Wildman–Crippen MR) is 59.7 cm³/mol. The molecular formula is C11H15N3O2. The zero-order chi connectivity index (χ0) is 12.1. The van der Waals surface area contributed by atoms with Crippen LogP contribution in [0.25, 0.3) is 0 Å². The zero-order valence-electron chi connectivity index (χ0n) is 9.47. The summed E-state index contributed by atoms with van der Waals surface area (Å²) in [5.74, 6) is 1.57. The van der Waals surface area contributed by atoms with Gasteiger partial charge in [0.1, 0.15) is 0 Å². The first-order valence-corrected chi connectivity index (χ1v) is 4.90. The maximum atomic E-state index is 10.6. The summed E-state index contributed by atoms with van der Waals surface area (Å²) in [4.78, 5) is 12.3. The molecule has 16 heavy (non-hydrogen) atoms. The van der Waals surface area contributed by atoms with Crippen LogP contribution >= 0.6 is 0 Å². The molecular weight excluding hydrogens is 206 g/mol. The molecule has 5 nitrogen and oxygen atoms in total. The largest absolute Gasteiger partial charge is 0.480 e. The van der Waals surface area contributed by atoms with Crippen molar-refractivity contribution >= 4 is 5.97 Å². The second-order valence-corrected chi connectivity index (χ2v) is 3.64. The number of terminal acetylenes is 1. The van der Waals surface area contributed by atoms with Gasteiger partial charge in [-0.2, -0.15) is 5.10 Å². The lowest BCUT2D eigenvalue weighted by atomic mass is 10.3. The first kappa shape index (κ1) is 12.3. The van der Waals surface area contributed by atoms with E-state index < -0.39 is 5.97 Å². The van der Waals surface area contributed by atoms with Crippen LogP contribution in [0.5, 0.6) is 0 Å². The van der Waals surface area contributed by atoms with Crippen molar-refractivity contribution in [1.29, 1.82) is 0 Å². The predicted octanol–water partition coefficient (Wildman–Crippen LogP) is 0.248. The van der Waals surface area contributed by atoms with Crippen LogP contribution in [0.3, 0.4) is 0 Å². The van der Waals surface area contributed by atoms with Crippen LogP contribution in [0.1, 0.15) is 11.4 Å². The average molecular weight is 221 g/mol. The van der Waals surface area contributed by atoms with Crippen molar-refractivity contribution < 1.29 is 9.90 Å². The number of hydrogen-bond acceptors (Lipinski definition) is 3. The molecule has 0 amide bonds. The van der Waals surface area contributed by atoms with E-state index in [1.165, 1.54) is 0 Å². The lowest BCUT2D eigenvalue weighted by molar-refractivity contribution is -0.138. The Morgan fingerprint density at radius 1 is 1.75 bits per heavy atom. The summed E-state index contributed by atoms with van der Waals surface area (Å²) in [5, 5.41) is 12.9. The van der Waals surface area contributed by atoms with E-state index in [-0.39, 0.29) is 6.54 Å². The smallest absolute Gasteiger partial charge is 0.317 e. The number of rotatable bonds is 5. The van der Waals surface area contributed by atoms with Crippen molar-refractivity contribution in [2.24, 2.45) is 7.05 Å². The van der Waals surface area contributed by atoms with E-state index in [2.05, 4.69) is 11.0 Å². The quantitative estimate of drug-likeness (QED) is 0.724. The minimum Gasteiger partial charge on any atom is -0.480 e. The first-order chi connectivity index (χ1) is 7.52. The van der Waals surface area contributed by atoms with Crippen molar-refractivity contribution in [3.8, 4) is 12.3 Å². The zero-order valence-corrected chi connectivity index (χ0v) is 9.47. The highest BCUT2D eigenvalue weighted by molar-refractivity contribution is 5.69. The van der Waals surface area contributed by atoms with E-state index in [4.69, 9.17) is 11.5 Å². The van der Waals surface area contributed by atoms with E-state index in [1.807, 2.05) is 20.0 Å². The summed E-state index contributed by atoms with van der Waals surface area (Å²) >= 11 is 0. The van der Waals surface area contributed by atoms with Gasteiger partial charge in [0.25, 0.3) is 0 Å². The van der Waals surface area contributed by atoms with Crippen LogP contribution in [0.15, 0.2) is 6.07 Å². The fourth-order valence-electron chi connectivity index (χ4n) is 1.53. The van der Waals surface area contributed by atoms with Gasteiger partial charge in [0.15, 0.2) is 0 Å². The van der Waals surface area contributed by atoms with E-state index in [9.17, 15) is 4.79 Å². The molecule has 0 aliphatic heterocycles. The molecule has 0 spiro atoms. The number of aliphatic carboxylic acids is 1. The summed E-state index contributed by atoms with van der Waals surface area (Å²) in [6.07, 6.45) is 5.20. The maximum Gasteiger partial charge on any atom is 0.317 e. The number of carboxylic acids is 1. The lowest BCUT2D eigenvalue weighted by Crippen LogP contribution is -2.30. The van der Waals surface area contributed by atoms with Gasteiger partial charge in [0, 0.05) is 13.6 Å². The van der Waals surface area contributed by atoms with Crippen molar-refractivity contribution in [3.63, 3.8) is 0 Å². The Morgan fingerprint density at radius 3 is 2.88 bits per heavy atom. The van der Waals surface area contributed by atoms with Gasteiger partial charge in [0.2, 0.25) is 0 Å². The van der Waals surface area contributed by atoms with E-state index in [1.54, 1.807) is 9.58 Å². The Balaban J connectivity index is 2.71. The highest BCUT2D eigenvalue weighted by Gasteiger charge is 2.11. The molecule has 1 heterocycles. The molecule has 0 unspecified atom stereocenters. The van der Waals surface area contributed by atoms with Crippen molar-refractivity contribution in [1.82, 2.24) is 14.7 Å². The minimum atomic E-state index is -0.880. The molecule has 86 valence electrons. The number of hydrogen-bond donors (Lipinski definition) is 1. The van der Waals surface area contributed by atoms with Gasteiger partial charge < -0.3 is 5.11 Å². The normalized spacial score (nSPS) is 10.4. The fourth-order valence-corrected chi connectivity index (χ4v) is 1.53. The lowest BCUT2D eigenvalue weighted by Gasteiger charge is -2.16. The van der Waals surface area contributed by atoms with Crippen LogP contribution < -0.4 is 0 Å². The molecule has 1 aromatic rings. The maximum absolute atomic E-state index is 10.6. The highest BCUT2D eigenvalue weighted by atomic mass is 16.4. The number of carboxylic acid groups (broad SMARTS) is 1. The highest BCUT2D eigenvalue weighted by Crippen LogP contribution is 2.05. The number of nitrogens with zero attached hydrogens (tertiary/aromatic N) is 3. The van der Waals surface area contributed by atoms with Gasteiger partial charge >= 0.3 is 5.97 Å². The summed E-state index contributed by atoms with van der Waals surface area (Å²) in [6.45, 7) is 2.64.